The Balaban J connectivity index is 1.60. The quantitative estimate of drug-likeness (QED) is 0.345. The molecule has 0 aliphatic rings. The number of pyridine rings is 1. The van der Waals surface area contributed by atoms with E-state index in [9.17, 15) is 4.79 Å². The molecule has 0 spiro atoms. The predicted molar refractivity (Wildman–Crippen MR) is 128 cm³/mol. The normalized spacial score (nSPS) is 10.7. The lowest BCUT2D eigenvalue weighted by Gasteiger charge is -2.12. The Hall–Kier alpha value is -3.28. The molecule has 0 unspecified atom stereocenters. The predicted octanol–water partition coefficient (Wildman–Crippen LogP) is 7.17. The Morgan fingerprint density at radius 2 is 1.71 bits per heavy atom. The highest BCUT2D eigenvalue weighted by Crippen LogP contribution is 2.32. The van der Waals surface area contributed by atoms with Crippen molar-refractivity contribution in [2.45, 2.75) is 6.92 Å². The van der Waals surface area contributed by atoms with E-state index in [2.05, 4.69) is 10.6 Å². The molecule has 2 N–H and O–H groups in total. The maximum Gasteiger partial charge on any atom is 0.323 e. The molecule has 0 saturated heterocycles. The first-order valence-electron chi connectivity index (χ1n) is 9.52. The number of aryl methyl sites for hydroxylation is 1. The third-order valence-electron chi connectivity index (χ3n) is 4.76. The highest BCUT2D eigenvalue weighted by molar-refractivity contribution is 6.33. The van der Waals surface area contributed by atoms with Crippen LogP contribution in [0.3, 0.4) is 0 Å². The molecule has 31 heavy (non-hydrogen) atoms. The second-order valence-electron chi connectivity index (χ2n) is 7.01. The van der Waals surface area contributed by atoms with Gasteiger partial charge in [0.05, 0.1) is 29.0 Å². The van der Waals surface area contributed by atoms with Gasteiger partial charge in [-0.1, -0.05) is 41.4 Å². The molecule has 0 bridgehead atoms. The van der Waals surface area contributed by atoms with E-state index in [1.807, 2.05) is 55.5 Å². The Kier molecular flexibility index (Phi) is 5.98. The second kappa shape index (κ2) is 8.84. The summed E-state index contributed by atoms with van der Waals surface area (Å²) in [6, 6.07) is 19.8. The van der Waals surface area contributed by atoms with E-state index >= 15 is 0 Å². The van der Waals surface area contributed by atoms with Crippen molar-refractivity contribution in [3.63, 3.8) is 0 Å². The van der Waals surface area contributed by atoms with E-state index < -0.39 is 6.03 Å². The topological polar surface area (TPSA) is 63.2 Å². The lowest BCUT2D eigenvalue weighted by molar-refractivity contribution is 0.262. The molecule has 1 aromatic heterocycles. The van der Waals surface area contributed by atoms with Gasteiger partial charge in [-0.2, -0.15) is 0 Å². The fourth-order valence-electron chi connectivity index (χ4n) is 3.22. The first-order valence-corrected chi connectivity index (χ1v) is 10.3. The van der Waals surface area contributed by atoms with Gasteiger partial charge in [-0.05, 0) is 55.0 Å². The van der Waals surface area contributed by atoms with Gasteiger partial charge in [0.25, 0.3) is 0 Å². The van der Waals surface area contributed by atoms with Gasteiger partial charge in [0.1, 0.15) is 5.75 Å². The minimum absolute atomic E-state index is 0.394. The van der Waals surface area contributed by atoms with Crippen molar-refractivity contribution >= 4 is 51.5 Å². The number of ether oxygens (including phenoxy) is 1. The molecule has 3 aromatic carbocycles. The van der Waals surface area contributed by atoms with Gasteiger partial charge < -0.3 is 15.4 Å². The van der Waals surface area contributed by atoms with E-state index in [0.717, 1.165) is 27.7 Å². The Morgan fingerprint density at radius 3 is 2.42 bits per heavy atom. The number of benzene rings is 3. The smallest absolute Gasteiger partial charge is 0.323 e. The summed E-state index contributed by atoms with van der Waals surface area (Å²) in [5.74, 6) is 0.653. The number of methoxy groups -OCH3 is 1. The summed E-state index contributed by atoms with van der Waals surface area (Å²) in [5.41, 5.74) is 4.61. The van der Waals surface area contributed by atoms with Crippen molar-refractivity contribution in [2.75, 3.05) is 17.7 Å². The summed E-state index contributed by atoms with van der Waals surface area (Å²) in [5, 5.41) is 7.51. The average Bonchev–Trinajstić information content (AvgIpc) is 2.75. The first kappa shape index (κ1) is 21.0. The van der Waals surface area contributed by atoms with Gasteiger partial charge in [-0.25, -0.2) is 9.78 Å². The van der Waals surface area contributed by atoms with Gasteiger partial charge in [-0.15, -0.1) is 0 Å². The molecule has 0 aliphatic carbocycles. The maximum absolute atomic E-state index is 12.4. The fourth-order valence-corrected chi connectivity index (χ4v) is 3.62. The summed E-state index contributed by atoms with van der Waals surface area (Å²) in [4.78, 5) is 17.2. The van der Waals surface area contributed by atoms with Crippen LogP contribution in [-0.2, 0) is 0 Å². The monoisotopic (exact) mass is 451 g/mol. The number of fused-ring (bicyclic) bond motifs is 1. The van der Waals surface area contributed by atoms with Crippen molar-refractivity contribution in [3.8, 4) is 17.0 Å². The number of carbonyl (C=O) groups excluding carboxylic acids is 1. The van der Waals surface area contributed by atoms with Crippen LogP contribution in [0.15, 0.2) is 66.7 Å². The van der Waals surface area contributed by atoms with Crippen molar-refractivity contribution in [3.05, 3.63) is 82.3 Å². The minimum Gasteiger partial charge on any atom is -0.496 e. The van der Waals surface area contributed by atoms with Gasteiger partial charge >= 0.3 is 6.03 Å². The number of aromatic nitrogens is 1. The van der Waals surface area contributed by atoms with Crippen LogP contribution in [0.25, 0.3) is 22.2 Å². The van der Waals surface area contributed by atoms with Gasteiger partial charge in [-0.3, -0.25) is 0 Å². The van der Waals surface area contributed by atoms with Crippen LogP contribution >= 0.6 is 23.2 Å². The van der Waals surface area contributed by atoms with Crippen LogP contribution in [-0.4, -0.2) is 18.1 Å². The molecule has 7 heteroatoms. The molecule has 0 aliphatic heterocycles. The minimum atomic E-state index is -0.394. The third kappa shape index (κ3) is 4.74. The zero-order chi connectivity index (χ0) is 22.0. The summed E-state index contributed by atoms with van der Waals surface area (Å²) >= 11 is 12.2. The fraction of sp³-hybridized carbons (Fsp3) is 0.0833. The van der Waals surface area contributed by atoms with Gasteiger partial charge in [0, 0.05) is 27.7 Å². The van der Waals surface area contributed by atoms with Gasteiger partial charge in [0.2, 0.25) is 0 Å². The van der Waals surface area contributed by atoms with Crippen LogP contribution in [0.4, 0.5) is 16.2 Å². The van der Waals surface area contributed by atoms with E-state index in [-0.39, 0.29) is 0 Å². The van der Waals surface area contributed by atoms with Crippen molar-refractivity contribution < 1.29 is 9.53 Å². The van der Waals surface area contributed by atoms with E-state index in [4.69, 9.17) is 32.9 Å². The summed E-state index contributed by atoms with van der Waals surface area (Å²) in [6.07, 6.45) is 0. The molecule has 4 rings (SSSR count). The summed E-state index contributed by atoms with van der Waals surface area (Å²) in [7, 11) is 1.60. The molecule has 0 saturated carbocycles. The molecule has 1 heterocycles. The van der Waals surface area contributed by atoms with Crippen LogP contribution in [0.5, 0.6) is 5.75 Å². The highest BCUT2D eigenvalue weighted by atomic mass is 35.5. The Bertz CT molecular complexity index is 1270. The molecular weight excluding hydrogens is 433 g/mol. The van der Waals surface area contributed by atoms with Crippen LogP contribution in [0, 0.1) is 6.92 Å². The number of hydrogen-bond donors (Lipinski definition) is 2. The lowest BCUT2D eigenvalue weighted by Crippen LogP contribution is -2.19. The largest absolute Gasteiger partial charge is 0.496 e. The summed E-state index contributed by atoms with van der Waals surface area (Å²) < 4.78 is 5.58. The number of urea groups is 1. The lowest BCUT2D eigenvalue weighted by atomic mass is 10.1. The maximum atomic E-state index is 12.4. The highest BCUT2D eigenvalue weighted by Gasteiger charge is 2.11. The first-order chi connectivity index (χ1) is 14.9. The zero-order valence-corrected chi connectivity index (χ0v) is 18.4. The Morgan fingerprint density at radius 1 is 0.935 bits per heavy atom. The zero-order valence-electron chi connectivity index (χ0n) is 16.9. The van der Waals surface area contributed by atoms with Crippen molar-refractivity contribution in [1.82, 2.24) is 4.98 Å². The van der Waals surface area contributed by atoms with Crippen LogP contribution in [0.1, 0.15) is 5.56 Å². The molecule has 0 radical (unpaired) electrons. The van der Waals surface area contributed by atoms with E-state index in [1.54, 1.807) is 25.3 Å². The standard InChI is InChI=1S/C24H19Cl2N3O2/c1-14-3-9-21(19(26)11-14)29-24(30)27-17-8-10-20-18(12-17)23(31-2)13-22(28-20)15-4-6-16(25)7-5-15/h3-13H,1-2H3,(H2,27,29,30). The molecule has 0 fully saturated rings. The Labute approximate surface area is 190 Å². The number of halogens is 2. The number of rotatable bonds is 4. The van der Waals surface area contributed by atoms with Crippen molar-refractivity contribution in [2.24, 2.45) is 0 Å². The number of anilines is 2. The SMILES string of the molecule is COc1cc(-c2ccc(Cl)cc2)nc2ccc(NC(=O)Nc3ccc(C)cc3Cl)cc12. The summed E-state index contributed by atoms with van der Waals surface area (Å²) in [6.45, 7) is 1.94. The number of nitrogens with one attached hydrogen (secondary N) is 2. The molecule has 5 nitrogen and oxygen atoms in total. The number of amides is 2. The van der Waals surface area contributed by atoms with E-state index in [1.165, 1.54) is 0 Å². The second-order valence-corrected chi connectivity index (χ2v) is 7.85. The van der Waals surface area contributed by atoms with E-state index in [0.29, 0.717) is 27.2 Å². The number of nitrogens with zero attached hydrogens (tertiary/aromatic N) is 1. The molecular formula is C24H19Cl2N3O2. The van der Waals surface area contributed by atoms with Gasteiger partial charge in [0.15, 0.2) is 0 Å². The third-order valence-corrected chi connectivity index (χ3v) is 5.33. The molecule has 156 valence electrons. The van der Waals surface area contributed by atoms with Crippen LogP contribution < -0.4 is 15.4 Å². The average molecular weight is 452 g/mol. The van der Waals surface area contributed by atoms with Crippen molar-refractivity contribution in [1.29, 1.82) is 0 Å². The molecule has 0 atom stereocenters. The number of carbonyl (C=O) groups is 1. The van der Waals surface area contributed by atoms with Crippen LogP contribution in [0.2, 0.25) is 10.0 Å². The molecule has 2 amide bonds. The number of hydrogen-bond acceptors (Lipinski definition) is 3. The molecule has 4 aromatic rings.